The molecular formula is C54H68N2O7. The molecule has 8 rings (SSSR count). The maximum atomic E-state index is 12.4. The monoisotopic (exact) mass is 857 g/mol. The van der Waals surface area contributed by atoms with E-state index in [1.54, 1.807) is 28.2 Å². The molecule has 4 aliphatic rings. The normalized spacial score (nSPS) is 27.2. The van der Waals surface area contributed by atoms with Gasteiger partial charge in [-0.15, -0.1) is 0 Å². The third-order valence-corrected chi connectivity index (χ3v) is 15.3. The summed E-state index contributed by atoms with van der Waals surface area (Å²) < 4.78 is 17.8. The lowest BCUT2D eigenvalue weighted by Crippen LogP contribution is -2.51. The van der Waals surface area contributed by atoms with E-state index >= 15 is 0 Å². The number of fused-ring (bicyclic) bond motifs is 6. The molecule has 9 nitrogen and oxygen atoms in total. The van der Waals surface area contributed by atoms with Crippen LogP contribution in [0.4, 0.5) is 9.59 Å². The van der Waals surface area contributed by atoms with Crippen LogP contribution in [0.5, 0.6) is 23.0 Å². The molecule has 0 radical (unpaired) electrons. The number of carbonyl (C=O) groups is 2. The topological polar surface area (TPSA) is 109 Å². The number of aliphatic hydroxyl groups is 2. The summed E-state index contributed by atoms with van der Waals surface area (Å²) in [6.07, 6.45) is 13.3. The number of aryl methyl sites for hydroxylation is 2. The van der Waals surface area contributed by atoms with Crippen molar-refractivity contribution in [3.05, 3.63) is 118 Å². The van der Waals surface area contributed by atoms with Crippen molar-refractivity contribution < 1.29 is 34.0 Å². The van der Waals surface area contributed by atoms with Gasteiger partial charge in [-0.05, 0) is 184 Å². The summed E-state index contributed by atoms with van der Waals surface area (Å²) in [4.78, 5) is 27.7. The molecule has 2 saturated carbocycles. The first kappa shape index (κ1) is 44.7. The van der Waals surface area contributed by atoms with Crippen LogP contribution in [0.25, 0.3) is 0 Å². The summed E-state index contributed by atoms with van der Waals surface area (Å²) in [6.45, 7) is 4.32. The van der Waals surface area contributed by atoms with Gasteiger partial charge in [0.25, 0.3) is 0 Å². The highest BCUT2D eigenvalue weighted by Crippen LogP contribution is 2.57. The van der Waals surface area contributed by atoms with Gasteiger partial charge in [0.2, 0.25) is 0 Å². The van der Waals surface area contributed by atoms with Crippen LogP contribution in [0.3, 0.4) is 0 Å². The van der Waals surface area contributed by atoms with E-state index < -0.39 is 11.2 Å². The molecular weight excluding hydrogens is 789 g/mol. The zero-order valence-electron chi connectivity index (χ0n) is 38.4. The zero-order chi connectivity index (χ0) is 44.6. The number of ether oxygens (including phenoxy) is 3. The lowest BCUT2D eigenvalue weighted by molar-refractivity contribution is -0.0567. The van der Waals surface area contributed by atoms with Crippen molar-refractivity contribution in [3.8, 4) is 23.0 Å². The summed E-state index contributed by atoms with van der Waals surface area (Å²) in [5, 5.41) is 23.4. The summed E-state index contributed by atoms with van der Waals surface area (Å²) in [5.74, 6) is 3.41. The fourth-order valence-corrected chi connectivity index (χ4v) is 12.2. The van der Waals surface area contributed by atoms with Gasteiger partial charge in [0.05, 0.1) is 11.2 Å². The number of carbonyl (C=O) groups excluding carboxylic acids is 2. The van der Waals surface area contributed by atoms with Crippen molar-refractivity contribution in [3.63, 3.8) is 0 Å². The molecule has 2 amide bonds. The summed E-state index contributed by atoms with van der Waals surface area (Å²) in [6, 6.07) is 29.4. The summed E-state index contributed by atoms with van der Waals surface area (Å²) in [5.41, 5.74) is 6.10. The van der Waals surface area contributed by atoms with Gasteiger partial charge in [0.15, 0.2) is 0 Å². The second-order valence-electron chi connectivity index (χ2n) is 20.0. The largest absolute Gasteiger partial charge is 0.457 e. The summed E-state index contributed by atoms with van der Waals surface area (Å²) >= 11 is 0. The number of benzene rings is 4. The average molecular weight is 857 g/mol. The molecule has 2 N–H and O–H groups in total. The number of hydrogen-bond acceptors (Lipinski definition) is 7. The molecule has 63 heavy (non-hydrogen) atoms. The fourth-order valence-electron chi connectivity index (χ4n) is 12.2. The van der Waals surface area contributed by atoms with Crippen molar-refractivity contribution in [2.45, 2.75) is 139 Å². The molecule has 9 heteroatoms. The smallest absolute Gasteiger partial charge is 0.414 e. The van der Waals surface area contributed by atoms with Crippen molar-refractivity contribution in [1.29, 1.82) is 0 Å². The zero-order valence-corrected chi connectivity index (χ0v) is 38.4. The van der Waals surface area contributed by atoms with Crippen LogP contribution in [0.2, 0.25) is 0 Å². The van der Waals surface area contributed by atoms with Crippen molar-refractivity contribution in [2.24, 2.45) is 11.8 Å². The molecule has 336 valence electrons. The molecule has 4 aliphatic carbocycles. The van der Waals surface area contributed by atoms with Crippen molar-refractivity contribution in [2.75, 3.05) is 28.2 Å². The van der Waals surface area contributed by atoms with Gasteiger partial charge >= 0.3 is 12.2 Å². The Balaban J connectivity index is 0.995. The molecule has 0 aromatic heterocycles. The number of hydrogen-bond donors (Lipinski definition) is 2. The van der Waals surface area contributed by atoms with Crippen molar-refractivity contribution >= 4 is 12.2 Å². The van der Waals surface area contributed by atoms with E-state index in [0.29, 0.717) is 23.3 Å². The molecule has 0 aliphatic heterocycles. The van der Waals surface area contributed by atoms with E-state index in [2.05, 4.69) is 86.6 Å². The Labute approximate surface area is 374 Å². The number of amides is 2. The predicted octanol–water partition coefficient (Wildman–Crippen LogP) is 11.1. The molecule has 2 fully saturated rings. The van der Waals surface area contributed by atoms with Crippen LogP contribution in [0, 0.1) is 11.8 Å². The van der Waals surface area contributed by atoms with E-state index in [-0.39, 0.29) is 23.0 Å². The van der Waals surface area contributed by atoms with Gasteiger partial charge in [-0.3, -0.25) is 0 Å². The third-order valence-electron chi connectivity index (χ3n) is 15.3. The van der Waals surface area contributed by atoms with Gasteiger partial charge < -0.3 is 34.2 Å². The Hall–Kier alpha value is -4.86. The Bertz CT molecular complexity index is 2110. The Morgan fingerprint density at radius 1 is 0.571 bits per heavy atom. The first-order valence-electron chi connectivity index (χ1n) is 23.5. The fraction of sp³-hybridized carbons (Fsp3) is 0.519. The minimum absolute atomic E-state index is 0.124. The second-order valence-corrected chi connectivity index (χ2v) is 20.0. The first-order valence-corrected chi connectivity index (χ1v) is 23.5. The maximum Gasteiger partial charge on any atom is 0.414 e. The van der Waals surface area contributed by atoms with Crippen LogP contribution in [0.1, 0.15) is 124 Å². The molecule has 6 unspecified atom stereocenters. The van der Waals surface area contributed by atoms with Crippen LogP contribution in [-0.2, 0) is 36.5 Å². The van der Waals surface area contributed by atoms with Crippen LogP contribution >= 0.6 is 0 Å². The van der Waals surface area contributed by atoms with Crippen LogP contribution in [0.15, 0.2) is 84.9 Å². The average Bonchev–Trinajstić information content (AvgIpc) is 3.25. The Kier molecular flexibility index (Phi) is 12.8. The molecule has 0 bridgehead atoms. The standard InChI is InChI=1S/C54H68N2O7/c1-7-25-51(59)27-29-53(41(35-51)15-13-39-31-45(21-23-47(39)53)62-49(57)55(3)4)33-37-9-17-43(18-10-37)61-44-19-11-38(12-20-44)34-54-30-28-52(60,26-8-2)36-42(54)16-14-40-32-46(22-24-48(40)54)63-50(58)56(5)6/h9-12,17-24,31-32,41-42,59-60H,7-8,13-16,25-30,33-36H2,1-6H3. The summed E-state index contributed by atoms with van der Waals surface area (Å²) in [7, 11) is 6.76. The molecule has 0 heterocycles. The third kappa shape index (κ3) is 9.24. The molecule has 0 spiro atoms. The van der Waals surface area contributed by atoms with Crippen LogP contribution < -0.4 is 14.2 Å². The SMILES string of the molecule is CCCC1(O)CCC2(Cc3ccc(Oc4ccc(CC56CCC(O)(CCC)CC5CCc5cc(OC(=O)N(C)C)ccc56)cc4)cc3)c3ccc(OC(=O)N(C)C)cc3CCC2C1. The van der Waals surface area contributed by atoms with E-state index in [0.717, 1.165) is 114 Å². The predicted molar refractivity (Wildman–Crippen MR) is 247 cm³/mol. The second kappa shape index (κ2) is 18.0. The molecule has 6 atom stereocenters. The molecule has 4 aromatic carbocycles. The lowest BCUT2D eigenvalue weighted by Gasteiger charge is -2.53. The van der Waals surface area contributed by atoms with E-state index in [9.17, 15) is 19.8 Å². The number of nitrogens with zero attached hydrogens (tertiary/aromatic N) is 2. The Morgan fingerprint density at radius 2 is 0.952 bits per heavy atom. The van der Waals surface area contributed by atoms with E-state index in [1.165, 1.54) is 43.2 Å². The highest BCUT2D eigenvalue weighted by molar-refractivity contribution is 5.71. The van der Waals surface area contributed by atoms with E-state index in [4.69, 9.17) is 14.2 Å². The lowest BCUT2D eigenvalue weighted by atomic mass is 9.52. The Morgan fingerprint density at radius 3 is 1.32 bits per heavy atom. The number of rotatable bonds is 12. The van der Waals surface area contributed by atoms with Crippen LogP contribution in [-0.4, -0.2) is 71.6 Å². The highest BCUT2D eigenvalue weighted by Gasteiger charge is 2.53. The van der Waals surface area contributed by atoms with Gasteiger partial charge in [0, 0.05) is 39.0 Å². The molecule has 0 saturated heterocycles. The molecule has 4 aromatic rings. The van der Waals surface area contributed by atoms with Crippen molar-refractivity contribution in [1.82, 2.24) is 9.80 Å². The highest BCUT2D eigenvalue weighted by atomic mass is 16.6. The van der Waals surface area contributed by atoms with E-state index in [1.807, 2.05) is 12.1 Å². The quantitative estimate of drug-likeness (QED) is 0.146. The van der Waals surface area contributed by atoms with Gasteiger partial charge in [-0.25, -0.2) is 9.59 Å². The minimum atomic E-state index is -0.624. The van der Waals surface area contributed by atoms with Gasteiger partial charge in [-0.1, -0.05) is 63.1 Å². The first-order chi connectivity index (χ1) is 30.1. The minimum Gasteiger partial charge on any atom is -0.457 e. The van der Waals surface area contributed by atoms with Gasteiger partial charge in [0.1, 0.15) is 23.0 Å². The maximum absolute atomic E-state index is 12.4. The van der Waals surface area contributed by atoms with Gasteiger partial charge in [-0.2, -0.15) is 0 Å².